The standard InChI is InChI=1S/C16H26N2O4/c1-11(17-13(19)12-6-3-4-7-12)14(20)18-9-5-8-16(2,10-18)15(21)22/h11-12H,3-10H2,1-2H3,(H,17,19)(H,21,22). The van der Waals surface area contributed by atoms with Gasteiger partial charge in [0.15, 0.2) is 0 Å². The lowest BCUT2D eigenvalue weighted by Crippen LogP contribution is -2.54. The number of piperidine rings is 1. The fourth-order valence-electron chi connectivity index (χ4n) is 3.46. The number of likely N-dealkylation sites (tertiary alicyclic amines) is 1. The molecule has 1 saturated heterocycles. The monoisotopic (exact) mass is 310 g/mol. The molecule has 2 N–H and O–H groups in total. The second-order valence-corrected chi connectivity index (χ2v) is 6.94. The van der Waals surface area contributed by atoms with E-state index in [-0.39, 0.29) is 24.3 Å². The fraction of sp³-hybridized carbons (Fsp3) is 0.812. The minimum atomic E-state index is -0.886. The van der Waals surface area contributed by atoms with Crippen LogP contribution in [0.4, 0.5) is 0 Å². The van der Waals surface area contributed by atoms with Crippen LogP contribution < -0.4 is 5.32 Å². The lowest BCUT2D eigenvalue weighted by Gasteiger charge is -2.38. The highest BCUT2D eigenvalue weighted by Gasteiger charge is 2.40. The topological polar surface area (TPSA) is 86.7 Å². The molecule has 1 heterocycles. The third-order valence-electron chi connectivity index (χ3n) is 4.98. The van der Waals surface area contributed by atoms with Gasteiger partial charge in [0.1, 0.15) is 6.04 Å². The molecule has 0 aromatic carbocycles. The normalized spacial score (nSPS) is 27.5. The smallest absolute Gasteiger partial charge is 0.311 e. The first-order valence-corrected chi connectivity index (χ1v) is 8.16. The minimum absolute atomic E-state index is 0.0286. The highest BCUT2D eigenvalue weighted by atomic mass is 16.4. The summed E-state index contributed by atoms with van der Waals surface area (Å²) in [6.07, 6.45) is 5.20. The van der Waals surface area contributed by atoms with Gasteiger partial charge in [0.05, 0.1) is 5.41 Å². The van der Waals surface area contributed by atoms with E-state index >= 15 is 0 Å². The molecule has 6 nitrogen and oxygen atoms in total. The summed E-state index contributed by atoms with van der Waals surface area (Å²) < 4.78 is 0. The largest absolute Gasteiger partial charge is 0.481 e. The van der Waals surface area contributed by atoms with E-state index in [0.717, 1.165) is 25.7 Å². The van der Waals surface area contributed by atoms with E-state index in [9.17, 15) is 19.5 Å². The number of amides is 2. The van der Waals surface area contributed by atoms with Gasteiger partial charge in [0, 0.05) is 19.0 Å². The number of nitrogens with one attached hydrogen (secondary N) is 1. The Morgan fingerprint density at radius 1 is 1.23 bits per heavy atom. The Bertz CT molecular complexity index is 459. The Morgan fingerprint density at radius 3 is 2.45 bits per heavy atom. The Balaban J connectivity index is 1.92. The molecule has 2 rings (SSSR count). The molecular formula is C16H26N2O4. The average Bonchev–Trinajstić information content (AvgIpc) is 3.00. The maximum absolute atomic E-state index is 12.5. The van der Waals surface area contributed by atoms with Crippen LogP contribution in [0.1, 0.15) is 52.4 Å². The number of nitrogens with zero attached hydrogens (tertiary/aromatic N) is 1. The van der Waals surface area contributed by atoms with Crippen molar-refractivity contribution in [1.29, 1.82) is 0 Å². The lowest BCUT2D eigenvalue weighted by atomic mass is 9.82. The van der Waals surface area contributed by atoms with Crippen molar-refractivity contribution in [3.8, 4) is 0 Å². The number of aliphatic carboxylic acids is 1. The van der Waals surface area contributed by atoms with E-state index in [1.807, 2.05) is 0 Å². The summed E-state index contributed by atoms with van der Waals surface area (Å²) in [5.41, 5.74) is -0.886. The summed E-state index contributed by atoms with van der Waals surface area (Å²) in [6.45, 7) is 4.13. The van der Waals surface area contributed by atoms with Crippen molar-refractivity contribution in [3.63, 3.8) is 0 Å². The summed E-state index contributed by atoms with van der Waals surface area (Å²) in [5, 5.41) is 12.1. The highest BCUT2D eigenvalue weighted by molar-refractivity contribution is 5.88. The van der Waals surface area contributed by atoms with Crippen molar-refractivity contribution in [2.24, 2.45) is 11.3 Å². The zero-order valence-electron chi connectivity index (χ0n) is 13.4. The molecule has 0 bridgehead atoms. The first-order valence-electron chi connectivity index (χ1n) is 8.16. The van der Waals surface area contributed by atoms with Gasteiger partial charge in [-0.2, -0.15) is 0 Å². The highest BCUT2D eigenvalue weighted by Crippen LogP contribution is 2.30. The van der Waals surface area contributed by atoms with Crippen LogP contribution >= 0.6 is 0 Å². The number of carboxylic acids is 1. The Kier molecular flexibility index (Phi) is 5.08. The van der Waals surface area contributed by atoms with Gasteiger partial charge < -0.3 is 15.3 Å². The number of carboxylic acid groups (broad SMARTS) is 1. The van der Waals surface area contributed by atoms with E-state index in [1.165, 1.54) is 0 Å². The molecule has 2 fully saturated rings. The van der Waals surface area contributed by atoms with E-state index in [0.29, 0.717) is 19.4 Å². The van der Waals surface area contributed by atoms with Crippen molar-refractivity contribution in [1.82, 2.24) is 10.2 Å². The molecule has 2 unspecified atom stereocenters. The van der Waals surface area contributed by atoms with Gasteiger partial charge in [0.25, 0.3) is 0 Å². The molecule has 22 heavy (non-hydrogen) atoms. The zero-order chi connectivity index (χ0) is 16.3. The number of carbonyl (C=O) groups excluding carboxylic acids is 2. The van der Waals surface area contributed by atoms with Crippen LogP contribution in [0, 0.1) is 11.3 Å². The third kappa shape index (κ3) is 3.59. The van der Waals surface area contributed by atoms with Crippen LogP contribution in [0.2, 0.25) is 0 Å². The van der Waals surface area contributed by atoms with Crippen LogP contribution in [-0.4, -0.2) is 46.9 Å². The van der Waals surface area contributed by atoms with Gasteiger partial charge in [-0.15, -0.1) is 0 Å². The molecule has 0 radical (unpaired) electrons. The van der Waals surface area contributed by atoms with Crippen LogP contribution in [0.25, 0.3) is 0 Å². The van der Waals surface area contributed by atoms with Crippen molar-refractivity contribution >= 4 is 17.8 Å². The van der Waals surface area contributed by atoms with Gasteiger partial charge in [-0.1, -0.05) is 12.8 Å². The fourth-order valence-corrected chi connectivity index (χ4v) is 3.46. The number of hydrogen-bond acceptors (Lipinski definition) is 3. The lowest BCUT2D eigenvalue weighted by molar-refractivity contribution is -0.154. The van der Waals surface area contributed by atoms with Gasteiger partial charge >= 0.3 is 5.97 Å². The van der Waals surface area contributed by atoms with Gasteiger partial charge in [-0.3, -0.25) is 14.4 Å². The van der Waals surface area contributed by atoms with Gasteiger partial charge in [-0.25, -0.2) is 0 Å². The molecule has 0 aromatic heterocycles. The summed E-state index contributed by atoms with van der Waals surface area (Å²) in [4.78, 5) is 37.5. The van der Waals surface area contributed by atoms with Crippen molar-refractivity contribution in [2.45, 2.75) is 58.4 Å². The molecule has 124 valence electrons. The first-order chi connectivity index (χ1) is 10.3. The molecule has 0 spiro atoms. The van der Waals surface area contributed by atoms with Crippen molar-refractivity contribution in [3.05, 3.63) is 0 Å². The molecule has 1 aliphatic carbocycles. The summed E-state index contributed by atoms with van der Waals surface area (Å²) >= 11 is 0. The first kappa shape index (κ1) is 16.8. The van der Waals surface area contributed by atoms with Gasteiger partial charge in [0.2, 0.25) is 11.8 Å². The molecule has 2 amide bonds. The molecule has 1 saturated carbocycles. The Hall–Kier alpha value is -1.59. The summed E-state index contributed by atoms with van der Waals surface area (Å²) in [6, 6.07) is -0.593. The van der Waals surface area contributed by atoms with Gasteiger partial charge in [-0.05, 0) is 39.5 Å². The molecule has 1 aliphatic heterocycles. The van der Waals surface area contributed by atoms with Crippen LogP contribution in [0.15, 0.2) is 0 Å². The minimum Gasteiger partial charge on any atom is -0.481 e. The van der Waals surface area contributed by atoms with Crippen molar-refractivity contribution < 1.29 is 19.5 Å². The van der Waals surface area contributed by atoms with Crippen molar-refractivity contribution in [2.75, 3.05) is 13.1 Å². The van der Waals surface area contributed by atoms with E-state index in [1.54, 1.807) is 18.7 Å². The Labute approximate surface area is 131 Å². The van der Waals surface area contributed by atoms with Crippen LogP contribution in [0.3, 0.4) is 0 Å². The van der Waals surface area contributed by atoms with E-state index < -0.39 is 17.4 Å². The molecular weight excluding hydrogens is 284 g/mol. The molecule has 0 aromatic rings. The quantitative estimate of drug-likeness (QED) is 0.821. The third-order valence-corrected chi connectivity index (χ3v) is 4.98. The number of rotatable bonds is 4. The van der Waals surface area contributed by atoms with Crippen LogP contribution in [-0.2, 0) is 14.4 Å². The maximum Gasteiger partial charge on any atom is 0.311 e. The van der Waals surface area contributed by atoms with E-state index in [2.05, 4.69) is 5.32 Å². The van der Waals surface area contributed by atoms with Crippen LogP contribution in [0.5, 0.6) is 0 Å². The maximum atomic E-state index is 12.5. The zero-order valence-corrected chi connectivity index (χ0v) is 13.4. The molecule has 2 aliphatic rings. The van der Waals surface area contributed by atoms with E-state index in [4.69, 9.17) is 0 Å². The second kappa shape index (κ2) is 6.67. The summed E-state index contributed by atoms with van der Waals surface area (Å²) in [7, 11) is 0. The number of carbonyl (C=O) groups is 3. The average molecular weight is 310 g/mol. The second-order valence-electron chi connectivity index (χ2n) is 6.94. The predicted octanol–water partition coefficient (Wildman–Crippen LogP) is 1.39. The predicted molar refractivity (Wildman–Crippen MR) is 81.1 cm³/mol. The summed E-state index contributed by atoms with van der Waals surface area (Å²) in [5.74, 6) is -1.07. The molecule has 2 atom stereocenters. The SMILES string of the molecule is CC(NC(=O)C1CCCC1)C(=O)N1CCCC(C)(C(=O)O)C1. The Morgan fingerprint density at radius 2 is 1.86 bits per heavy atom. The number of hydrogen-bond donors (Lipinski definition) is 2. The molecule has 6 heteroatoms.